The second-order valence-corrected chi connectivity index (χ2v) is 9.99. The zero-order valence-electron chi connectivity index (χ0n) is 21.4. The highest BCUT2D eigenvalue weighted by atomic mass is 32.1. The molecule has 5 rings (SSSR count). The number of pyridine rings is 1. The van der Waals surface area contributed by atoms with E-state index in [1.807, 2.05) is 30.5 Å². The standard InChI is InChI=1S/C30H32N4OS/c1-19(2)22-12-14-23(15-13-22)34-29(28(32-30(34)36)27-11-6-7-16-31-27)26-17-20(3)33(21(26)4)24-9-8-10-25(18-24)35-5/h6-19,28-29H,1-5H3,(H,32,36). The highest BCUT2D eigenvalue weighted by Gasteiger charge is 2.42. The minimum absolute atomic E-state index is 0.0529. The van der Waals surface area contributed by atoms with Crippen molar-refractivity contribution in [2.75, 3.05) is 12.0 Å². The Labute approximate surface area is 218 Å². The quantitative estimate of drug-likeness (QED) is 0.297. The molecular weight excluding hydrogens is 464 g/mol. The molecule has 2 aromatic carbocycles. The van der Waals surface area contributed by atoms with E-state index in [-0.39, 0.29) is 12.1 Å². The third-order valence-corrected chi connectivity index (χ3v) is 7.35. The van der Waals surface area contributed by atoms with Crippen LogP contribution in [0.2, 0.25) is 0 Å². The number of nitrogens with one attached hydrogen (secondary N) is 1. The number of rotatable bonds is 6. The minimum atomic E-state index is -0.0808. The number of ether oxygens (including phenoxy) is 1. The van der Waals surface area contributed by atoms with Gasteiger partial charge in [0.05, 0.1) is 24.9 Å². The number of benzene rings is 2. The molecule has 0 radical (unpaired) electrons. The Morgan fingerprint density at radius 1 is 0.944 bits per heavy atom. The van der Waals surface area contributed by atoms with Crippen LogP contribution in [0.15, 0.2) is 79.0 Å². The molecule has 3 heterocycles. The lowest BCUT2D eigenvalue weighted by Gasteiger charge is -2.28. The van der Waals surface area contributed by atoms with Gasteiger partial charge in [0.15, 0.2) is 5.11 Å². The van der Waals surface area contributed by atoms with E-state index >= 15 is 0 Å². The molecule has 1 N–H and O–H groups in total. The van der Waals surface area contributed by atoms with Crippen LogP contribution >= 0.6 is 12.2 Å². The predicted molar refractivity (Wildman–Crippen MR) is 150 cm³/mol. The number of aryl methyl sites for hydroxylation is 1. The van der Waals surface area contributed by atoms with Crippen LogP contribution in [0.25, 0.3) is 5.69 Å². The van der Waals surface area contributed by atoms with Gasteiger partial charge in [-0.2, -0.15) is 0 Å². The number of hydrogen-bond donors (Lipinski definition) is 1. The van der Waals surface area contributed by atoms with Crippen molar-refractivity contribution in [3.05, 3.63) is 107 Å². The fourth-order valence-electron chi connectivity index (χ4n) is 5.20. The Morgan fingerprint density at radius 2 is 1.72 bits per heavy atom. The first-order chi connectivity index (χ1) is 17.4. The molecule has 0 amide bonds. The molecule has 1 aliphatic heterocycles. The first kappa shape index (κ1) is 24.1. The normalized spacial score (nSPS) is 17.5. The summed E-state index contributed by atoms with van der Waals surface area (Å²) in [5.74, 6) is 1.31. The van der Waals surface area contributed by atoms with Crippen LogP contribution < -0.4 is 15.0 Å². The summed E-state index contributed by atoms with van der Waals surface area (Å²) in [7, 11) is 1.70. The largest absolute Gasteiger partial charge is 0.497 e. The monoisotopic (exact) mass is 496 g/mol. The van der Waals surface area contributed by atoms with Crippen molar-refractivity contribution in [3.63, 3.8) is 0 Å². The highest BCUT2D eigenvalue weighted by molar-refractivity contribution is 7.80. The molecule has 0 saturated carbocycles. The van der Waals surface area contributed by atoms with Gasteiger partial charge in [0.25, 0.3) is 0 Å². The van der Waals surface area contributed by atoms with E-state index in [9.17, 15) is 0 Å². The molecule has 0 bridgehead atoms. The zero-order chi connectivity index (χ0) is 25.4. The van der Waals surface area contributed by atoms with Gasteiger partial charge in [0, 0.05) is 35.0 Å². The summed E-state index contributed by atoms with van der Waals surface area (Å²) in [5, 5.41) is 4.29. The van der Waals surface area contributed by atoms with Crippen LogP contribution in [-0.2, 0) is 0 Å². The number of thiocarbonyl (C=S) groups is 1. The number of methoxy groups -OCH3 is 1. The van der Waals surface area contributed by atoms with Crippen molar-refractivity contribution in [2.24, 2.45) is 0 Å². The smallest absolute Gasteiger partial charge is 0.174 e. The van der Waals surface area contributed by atoms with Crippen LogP contribution in [0.3, 0.4) is 0 Å². The molecule has 184 valence electrons. The molecule has 5 nitrogen and oxygen atoms in total. The van der Waals surface area contributed by atoms with E-state index in [0.717, 1.165) is 28.5 Å². The van der Waals surface area contributed by atoms with Gasteiger partial charge < -0.3 is 19.5 Å². The van der Waals surface area contributed by atoms with Gasteiger partial charge in [-0.1, -0.05) is 38.1 Å². The van der Waals surface area contributed by atoms with Crippen LogP contribution in [-0.4, -0.2) is 21.8 Å². The van der Waals surface area contributed by atoms with Crippen molar-refractivity contribution >= 4 is 23.0 Å². The van der Waals surface area contributed by atoms with E-state index in [2.05, 4.69) is 91.0 Å². The Bertz CT molecular complexity index is 1380. The lowest BCUT2D eigenvalue weighted by atomic mass is 9.96. The van der Waals surface area contributed by atoms with Gasteiger partial charge >= 0.3 is 0 Å². The third kappa shape index (κ3) is 4.26. The first-order valence-electron chi connectivity index (χ1n) is 12.3. The minimum Gasteiger partial charge on any atom is -0.497 e. The lowest BCUT2D eigenvalue weighted by Crippen LogP contribution is -2.29. The van der Waals surface area contributed by atoms with Crippen molar-refractivity contribution in [3.8, 4) is 11.4 Å². The summed E-state index contributed by atoms with van der Waals surface area (Å²) in [6.07, 6.45) is 1.84. The van der Waals surface area contributed by atoms with Crippen LogP contribution in [0.5, 0.6) is 5.75 Å². The lowest BCUT2D eigenvalue weighted by molar-refractivity contribution is 0.414. The van der Waals surface area contributed by atoms with Crippen molar-refractivity contribution in [1.29, 1.82) is 0 Å². The molecule has 1 fully saturated rings. The number of nitrogens with zero attached hydrogens (tertiary/aromatic N) is 3. The first-order valence-corrected chi connectivity index (χ1v) is 12.7. The van der Waals surface area contributed by atoms with Crippen LogP contribution in [0, 0.1) is 13.8 Å². The molecule has 6 heteroatoms. The summed E-state index contributed by atoms with van der Waals surface area (Å²) >= 11 is 5.93. The molecule has 4 aromatic rings. The van der Waals surface area contributed by atoms with E-state index in [1.54, 1.807) is 7.11 Å². The summed E-state index contributed by atoms with van der Waals surface area (Å²) in [5.41, 5.74) is 7.97. The molecule has 2 atom stereocenters. The summed E-state index contributed by atoms with van der Waals surface area (Å²) in [4.78, 5) is 6.95. The summed E-state index contributed by atoms with van der Waals surface area (Å²) in [6, 6.07) is 25.1. The molecule has 1 aliphatic rings. The highest BCUT2D eigenvalue weighted by Crippen LogP contribution is 2.44. The average molecular weight is 497 g/mol. The number of hydrogen-bond acceptors (Lipinski definition) is 3. The fourth-order valence-corrected chi connectivity index (χ4v) is 5.55. The van der Waals surface area contributed by atoms with Gasteiger partial charge in [-0.25, -0.2) is 0 Å². The Morgan fingerprint density at radius 3 is 2.39 bits per heavy atom. The van der Waals surface area contributed by atoms with Crippen molar-refractivity contribution in [2.45, 2.75) is 45.7 Å². The molecule has 0 aliphatic carbocycles. The second kappa shape index (κ2) is 9.78. The van der Waals surface area contributed by atoms with Crippen LogP contribution in [0.1, 0.15) is 60.1 Å². The van der Waals surface area contributed by atoms with E-state index in [0.29, 0.717) is 11.0 Å². The maximum Gasteiger partial charge on any atom is 0.174 e. The van der Waals surface area contributed by atoms with Gasteiger partial charge in [0.1, 0.15) is 5.75 Å². The van der Waals surface area contributed by atoms with Gasteiger partial charge in [-0.3, -0.25) is 4.98 Å². The molecule has 2 aromatic heterocycles. The Hall–Kier alpha value is -3.64. The Kier molecular flexibility index (Phi) is 6.54. The van der Waals surface area contributed by atoms with E-state index in [1.165, 1.54) is 16.8 Å². The molecule has 2 unspecified atom stereocenters. The molecule has 1 saturated heterocycles. The van der Waals surface area contributed by atoms with Gasteiger partial charge in [-0.15, -0.1) is 0 Å². The number of anilines is 1. The van der Waals surface area contributed by atoms with Gasteiger partial charge in [-0.05, 0) is 85.6 Å². The molecule has 36 heavy (non-hydrogen) atoms. The summed E-state index contributed by atoms with van der Waals surface area (Å²) < 4.78 is 7.78. The average Bonchev–Trinajstić information content (AvgIpc) is 3.39. The maximum atomic E-state index is 5.93. The summed E-state index contributed by atoms with van der Waals surface area (Å²) in [6.45, 7) is 8.75. The SMILES string of the molecule is COc1cccc(-n2c(C)cc(C3C(c4ccccn4)NC(=S)N3c3ccc(C(C)C)cc3)c2C)c1. The predicted octanol–water partition coefficient (Wildman–Crippen LogP) is 6.80. The fraction of sp³-hybridized carbons (Fsp3) is 0.267. The Balaban J connectivity index is 1.65. The van der Waals surface area contributed by atoms with Crippen molar-refractivity contribution < 1.29 is 4.74 Å². The van der Waals surface area contributed by atoms with E-state index in [4.69, 9.17) is 21.9 Å². The third-order valence-electron chi connectivity index (χ3n) is 7.04. The van der Waals surface area contributed by atoms with Crippen LogP contribution in [0.4, 0.5) is 5.69 Å². The topological polar surface area (TPSA) is 42.3 Å². The van der Waals surface area contributed by atoms with E-state index < -0.39 is 0 Å². The van der Waals surface area contributed by atoms with Gasteiger partial charge in [0.2, 0.25) is 0 Å². The number of aromatic nitrogens is 2. The van der Waals surface area contributed by atoms with Crippen molar-refractivity contribution in [1.82, 2.24) is 14.9 Å². The zero-order valence-corrected chi connectivity index (χ0v) is 22.2. The molecular formula is C30H32N4OS. The second-order valence-electron chi connectivity index (χ2n) is 9.61. The molecule has 0 spiro atoms. The maximum absolute atomic E-state index is 5.93.